The SMILES string of the molecule is Cc1ccc(NC(=O)C(Sc2nc(CN3CCOCC3)nc3ccccc23)c2ccccc2)cc1. The van der Waals surface area contributed by atoms with E-state index in [1.165, 1.54) is 11.8 Å². The summed E-state index contributed by atoms with van der Waals surface area (Å²) in [6, 6.07) is 25.7. The molecular weight excluding hydrogens is 456 g/mol. The van der Waals surface area contributed by atoms with E-state index in [0.29, 0.717) is 6.54 Å². The highest BCUT2D eigenvalue weighted by Crippen LogP contribution is 2.38. The Kier molecular flexibility index (Phi) is 7.37. The third-order valence-electron chi connectivity index (χ3n) is 5.97. The quantitative estimate of drug-likeness (QED) is 0.286. The van der Waals surface area contributed by atoms with Crippen molar-refractivity contribution in [2.24, 2.45) is 0 Å². The third-order valence-corrected chi connectivity index (χ3v) is 7.23. The number of carbonyl (C=O) groups is 1. The molecule has 3 aromatic carbocycles. The van der Waals surface area contributed by atoms with Crippen LogP contribution in [0.25, 0.3) is 10.9 Å². The lowest BCUT2D eigenvalue weighted by atomic mass is 10.1. The monoisotopic (exact) mass is 484 g/mol. The number of thioether (sulfide) groups is 1. The van der Waals surface area contributed by atoms with Crippen LogP contribution >= 0.6 is 11.8 Å². The van der Waals surface area contributed by atoms with E-state index in [1.54, 1.807) is 0 Å². The Bertz CT molecular complexity index is 1290. The number of aromatic nitrogens is 2. The molecule has 0 aliphatic carbocycles. The summed E-state index contributed by atoms with van der Waals surface area (Å²) in [5.74, 6) is 0.682. The third kappa shape index (κ3) is 5.88. The Balaban J connectivity index is 1.48. The molecule has 6 nitrogen and oxygen atoms in total. The van der Waals surface area contributed by atoms with Crippen LogP contribution in [0.3, 0.4) is 0 Å². The number of carbonyl (C=O) groups excluding carboxylic acids is 1. The number of fused-ring (bicyclic) bond motifs is 1. The molecule has 7 heteroatoms. The summed E-state index contributed by atoms with van der Waals surface area (Å²) in [6.07, 6.45) is 0. The van der Waals surface area contributed by atoms with E-state index in [1.807, 2.05) is 85.8 Å². The van der Waals surface area contributed by atoms with Crippen molar-refractivity contribution in [3.05, 3.63) is 95.8 Å². The number of benzene rings is 3. The van der Waals surface area contributed by atoms with Gasteiger partial charge in [-0.2, -0.15) is 0 Å². The molecule has 1 amide bonds. The highest BCUT2D eigenvalue weighted by Gasteiger charge is 2.25. The van der Waals surface area contributed by atoms with Crippen LogP contribution in [0.15, 0.2) is 83.9 Å². The van der Waals surface area contributed by atoms with E-state index < -0.39 is 5.25 Å². The summed E-state index contributed by atoms with van der Waals surface area (Å²) in [5, 5.41) is 4.39. The Morgan fingerprint density at radius 1 is 0.971 bits per heavy atom. The molecule has 1 atom stereocenters. The predicted molar refractivity (Wildman–Crippen MR) is 140 cm³/mol. The van der Waals surface area contributed by atoms with Gasteiger partial charge in [-0.3, -0.25) is 9.69 Å². The average Bonchev–Trinajstić information content (AvgIpc) is 2.89. The summed E-state index contributed by atoms with van der Waals surface area (Å²) in [4.78, 5) is 25.6. The summed E-state index contributed by atoms with van der Waals surface area (Å²) in [5.41, 5.74) is 3.75. The number of amides is 1. The topological polar surface area (TPSA) is 67.4 Å². The first-order valence-electron chi connectivity index (χ1n) is 11.8. The number of hydrogen-bond donors (Lipinski definition) is 1. The molecule has 1 saturated heterocycles. The van der Waals surface area contributed by atoms with Gasteiger partial charge in [-0.05, 0) is 30.7 Å². The van der Waals surface area contributed by atoms with Crippen molar-refractivity contribution in [3.8, 4) is 0 Å². The van der Waals surface area contributed by atoms with Crippen molar-refractivity contribution in [2.45, 2.75) is 23.7 Å². The van der Waals surface area contributed by atoms with E-state index >= 15 is 0 Å². The van der Waals surface area contributed by atoms with Gasteiger partial charge in [-0.25, -0.2) is 9.97 Å². The zero-order chi connectivity index (χ0) is 24.0. The summed E-state index contributed by atoms with van der Waals surface area (Å²) >= 11 is 1.47. The van der Waals surface area contributed by atoms with E-state index in [9.17, 15) is 4.79 Å². The Hall–Kier alpha value is -3.26. The van der Waals surface area contributed by atoms with Gasteiger partial charge in [0.1, 0.15) is 16.1 Å². The second kappa shape index (κ2) is 11.0. The van der Waals surface area contributed by atoms with Crippen molar-refractivity contribution < 1.29 is 9.53 Å². The lowest BCUT2D eigenvalue weighted by Crippen LogP contribution is -2.36. The van der Waals surface area contributed by atoms with Crippen LogP contribution in [0.5, 0.6) is 0 Å². The molecule has 1 N–H and O–H groups in total. The van der Waals surface area contributed by atoms with Gasteiger partial charge in [0.2, 0.25) is 5.91 Å². The van der Waals surface area contributed by atoms with Crippen LogP contribution in [-0.2, 0) is 16.1 Å². The molecule has 2 heterocycles. The number of morpholine rings is 1. The molecule has 0 bridgehead atoms. The zero-order valence-corrected chi connectivity index (χ0v) is 20.5. The van der Waals surface area contributed by atoms with Gasteiger partial charge >= 0.3 is 0 Å². The van der Waals surface area contributed by atoms with Crippen molar-refractivity contribution in [3.63, 3.8) is 0 Å². The van der Waals surface area contributed by atoms with Gasteiger partial charge in [-0.15, -0.1) is 0 Å². The minimum absolute atomic E-state index is 0.0810. The smallest absolute Gasteiger partial charge is 0.242 e. The van der Waals surface area contributed by atoms with Crippen LogP contribution < -0.4 is 5.32 Å². The van der Waals surface area contributed by atoms with Gasteiger partial charge < -0.3 is 10.1 Å². The van der Waals surface area contributed by atoms with Crippen LogP contribution in [0.1, 0.15) is 22.2 Å². The van der Waals surface area contributed by atoms with Gasteiger partial charge in [0.25, 0.3) is 0 Å². The molecule has 1 aliphatic rings. The summed E-state index contributed by atoms with van der Waals surface area (Å²) in [7, 11) is 0. The van der Waals surface area contributed by atoms with Crippen molar-refractivity contribution >= 4 is 34.3 Å². The fraction of sp³-hybridized carbons (Fsp3) is 0.250. The highest BCUT2D eigenvalue weighted by atomic mass is 32.2. The fourth-order valence-corrected chi connectivity index (χ4v) is 5.21. The maximum absolute atomic E-state index is 13.5. The number of para-hydroxylation sites is 1. The highest BCUT2D eigenvalue weighted by molar-refractivity contribution is 8.00. The summed E-state index contributed by atoms with van der Waals surface area (Å²) in [6.45, 7) is 5.87. The van der Waals surface area contributed by atoms with E-state index in [2.05, 4.69) is 10.2 Å². The Morgan fingerprint density at radius 2 is 1.69 bits per heavy atom. The molecular formula is C28H28N4O2S. The number of nitrogens with one attached hydrogen (secondary N) is 1. The number of rotatable bonds is 7. The number of hydrogen-bond acceptors (Lipinski definition) is 6. The number of nitrogens with zero attached hydrogens (tertiary/aromatic N) is 3. The molecule has 4 aromatic rings. The van der Waals surface area contributed by atoms with Crippen LogP contribution in [0, 0.1) is 6.92 Å². The minimum Gasteiger partial charge on any atom is -0.379 e. The Labute approximate surface area is 209 Å². The molecule has 0 saturated carbocycles. The second-order valence-electron chi connectivity index (χ2n) is 8.61. The average molecular weight is 485 g/mol. The van der Waals surface area contributed by atoms with Gasteiger partial charge in [-0.1, -0.05) is 78.0 Å². The van der Waals surface area contributed by atoms with Crippen LogP contribution in [0.2, 0.25) is 0 Å². The number of anilines is 1. The largest absolute Gasteiger partial charge is 0.379 e. The molecule has 0 radical (unpaired) electrons. The van der Waals surface area contributed by atoms with Gasteiger partial charge in [0.05, 0.1) is 25.3 Å². The first kappa shape index (κ1) is 23.5. The fourth-order valence-electron chi connectivity index (χ4n) is 4.07. The van der Waals surface area contributed by atoms with Gasteiger partial charge in [0.15, 0.2) is 0 Å². The van der Waals surface area contributed by atoms with Crippen LogP contribution in [-0.4, -0.2) is 47.1 Å². The summed E-state index contributed by atoms with van der Waals surface area (Å²) < 4.78 is 5.48. The van der Waals surface area contributed by atoms with Crippen molar-refractivity contribution in [1.29, 1.82) is 0 Å². The van der Waals surface area contributed by atoms with E-state index in [0.717, 1.165) is 64.9 Å². The zero-order valence-electron chi connectivity index (χ0n) is 19.7. The lowest BCUT2D eigenvalue weighted by Gasteiger charge is -2.26. The molecule has 35 heavy (non-hydrogen) atoms. The maximum Gasteiger partial charge on any atom is 0.242 e. The molecule has 178 valence electrons. The second-order valence-corrected chi connectivity index (χ2v) is 9.71. The van der Waals surface area contributed by atoms with Crippen molar-refractivity contribution in [1.82, 2.24) is 14.9 Å². The lowest BCUT2D eigenvalue weighted by molar-refractivity contribution is -0.115. The maximum atomic E-state index is 13.5. The van der Waals surface area contributed by atoms with Crippen LogP contribution in [0.4, 0.5) is 5.69 Å². The predicted octanol–water partition coefficient (Wildman–Crippen LogP) is 5.24. The number of aryl methyl sites for hydroxylation is 1. The normalized spacial score (nSPS) is 15.1. The molecule has 1 aliphatic heterocycles. The van der Waals surface area contributed by atoms with E-state index in [4.69, 9.17) is 14.7 Å². The molecule has 1 fully saturated rings. The molecule has 0 spiro atoms. The molecule has 1 unspecified atom stereocenters. The molecule has 1 aromatic heterocycles. The van der Waals surface area contributed by atoms with E-state index in [-0.39, 0.29) is 5.91 Å². The first-order valence-corrected chi connectivity index (χ1v) is 12.7. The standard InChI is InChI=1S/C28H28N4O2S/c1-20-11-13-22(14-12-20)29-27(33)26(21-7-3-2-4-8-21)35-28-23-9-5-6-10-24(23)30-25(31-28)19-32-15-17-34-18-16-32/h2-14,26H,15-19H2,1H3,(H,29,33). The number of ether oxygens (including phenoxy) is 1. The van der Waals surface area contributed by atoms with Gasteiger partial charge in [0, 0.05) is 24.2 Å². The first-order chi connectivity index (χ1) is 17.2. The molecule has 5 rings (SSSR count). The van der Waals surface area contributed by atoms with Crippen molar-refractivity contribution in [2.75, 3.05) is 31.6 Å². The Morgan fingerprint density at radius 3 is 2.46 bits per heavy atom. The minimum atomic E-state index is -0.466.